The first-order valence-corrected chi connectivity index (χ1v) is 7.40. The van der Waals surface area contributed by atoms with Gasteiger partial charge < -0.3 is 19.3 Å². The minimum atomic E-state index is -1.08. The molecule has 7 nitrogen and oxygen atoms in total. The molecule has 0 aliphatic carbocycles. The number of hydrogen-bond acceptors (Lipinski definition) is 6. The molecule has 0 radical (unpaired) electrons. The summed E-state index contributed by atoms with van der Waals surface area (Å²) in [6, 6.07) is 4.96. The molecular weight excluding hydrogens is 302 g/mol. The molecule has 0 aromatic heterocycles. The van der Waals surface area contributed by atoms with E-state index in [0.717, 1.165) is 0 Å². The van der Waals surface area contributed by atoms with Gasteiger partial charge in [0.15, 0.2) is 11.5 Å². The van der Waals surface area contributed by atoms with Crippen LogP contribution in [0.25, 0.3) is 0 Å². The molecule has 5 rings (SSSR count). The van der Waals surface area contributed by atoms with E-state index in [2.05, 4.69) is 0 Å². The molecule has 1 aromatic rings. The smallest absolute Gasteiger partial charge is 0.241 e. The molecule has 2 fully saturated rings. The Morgan fingerprint density at radius 2 is 2.04 bits per heavy atom. The van der Waals surface area contributed by atoms with Crippen LogP contribution in [0.4, 0.5) is 5.69 Å². The van der Waals surface area contributed by atoms with Crippen molar-refractivity contribution in [3.05, 3.63) is 30.4 Å². The molecule has 1 aromatic carbocycles. The number of imide groups is 1. The average Bonchev–Trinajstić information content (AvgIpc) is 3.29. The van der Waals surface area contributed by atoms with E-state index in [1.807, 2.05) is 0 Å². The maximum absolute atomic E-state index is 12.9. The summed E-state index contributed by atoms with van der Waals surface area (Å²) in [7, 11) is 0. The Balaban J connectivity index is 1.57. The zero-order valence-electron chi connectivity index (χ0n) is 12.0. The maximum atomic E-state index is 12.9. The zero-order chi connectivity index (χ0) is 15.8. The van der Waals surface area contributed by atoms with Gasteiger partial charge in [-0.1, -0.05) is 12.2 Å². The Morgan fingerprint density at radius 1 is 1.22 bits per heavy atom. The molecule has 2 amide bonds. The fraction of sp³-hybridized carbons (Fsp3) is 0.375. The summed E-state index contributed by atoms with van der Waals surface area (Å²) < 4.78 is 16.3. The molecule has 2 saturated heterocycles. The molecule has 118 valence electrons. The largest absolute Gasteiger partial charge is 0.454 e. The Hall–Kier alpha value is -2.38. The van der Waals surface area contributed by atoms with Crippen LogP contribution in [0.1, 0.15) is 0 Å². The first-order chi connectivity index (χ1) is 11.1. The predicted octanol–water partition coefficient (Wildman–Crippen LogP) is 0.221. The number of ether oxygens (including phenoxy) is 3. The second-order valence-corrected chi connectivity index (χ2v) is 6.11. The van der Waals surface area contributed by atoms with Crippen LogP contribution in [0.2, 0.25) is 0 Å². The first-order valence-electron chi connectivity index (χ1n) is 7.40. The first kappa shape index (κ1) is 13.1. The van der Waals surface area contributed by atoms with E-state index in [9.17, 15) is 14.7 Å². The number of rotatable bonds is 2. The van der Waals surface area contributed by atoms with Crippen molar-refractivity contribution < 1.29 is 28.9 Å². The molecule has 7 heteroatoms. The number of hydrogen-bond donors (Lipinski definition) is 1. The second kappa shape index (κ2) is 4.12. The van der Waals surface area contributed by atoms with E-state index in [1.54, 1.807) is 30.4 Å². The number of carbonyl (C=O) groups excluding carboxylic acids is 2. The molecule has 23 heavy (non-hydrogen) atoms. The molecular formula is C16H13NO6. The van der Waals surface area contributed by atoms with Crippen molar-refractivity contribution in [2.75, 3.05) is 18.3 Å². The van der Waals surface area contributed by atoms with Crippen LogP contribution in [-0.4, -0.2) is 42.0 Å². The van der Waals surface area contributed by atoms with Crippen LogP contribution in [0.5, 0.6) is 11.5 Å². The Kier molecular flexibility index (Phi) is 2.35. The highest BCUT2D eigenvalue weighted by molar-refractivity contribution is 6.23. The zero-order valence-corrected chi connectivity index (χ0v) is 12.0. The average molecular weight is 315 g/mol. The summed E-state index contributed by atoms with van der Waals surface area (Å²) in [5.74, 6) is -0.812. The summed E-state index contributed by atoms with van der Waals surface area (Å²) in [5.41, 5.74) is -0.626. The molecule has 4 atom stereocenters. The van der Waals surface area contributed by atoms with Crippen LogP contribution in [0.3, 0.4) is 0 Å². The highest BCUT2D eigenvalue weighted by Gasteiger charge is 2.67. The minimum absolute atomic E-state index is 0.124. The number of anilines is 1. The van der Waals surface area contributed by atoms with E-state index in [4.69, 9.17) is 14.2 Å². The number of benzene rings is 1. The topological polar surface area (TPSA) is 85.3 Å². The van der Waals surface area contributed by atoms with Gasteiger partial charge in [0.25, 0.3) is 0 Å². The summed E-state index contributed by atoms with van der Waals surface area (Å²) >= 11 is 0. The fourth-order valence-corrected chi connectivity index (χ4v) is 3.96. The quantitative estimate of drug-likeness (QED) is 0.621. The molecule has 1 N–H and O–H groups in total. The van der Waals surface area contributed by atoms with Crippen LogP contribution in [-0.2, 0) is 14.3 Å². The third kappa shape index (κ3) is 1.46. The number of carbonyl (C=O) groups is 2. The van der Waals surface area contributed by atoms with Gasteiger partial charge in [0.2, 0.25) is 18.6 Å². The fourth-order valence-electron chi connectivity index (χ4n) is 3.96. The normalized spacial score (nSPS) is 36.2. The highest BCUT2D eigenvalue weighted by Crippen LogP contribution is 2.52. The number of amides is 2. The van der Waals surface area contributed by atoms with Crippen LogP contribution in [0, 0.1) is 11.8 Å². The van der Waals surface area contributed by atoms with E-state index in [1.165, 1.54) is 4.90 Å². The Morgan fingerprint density at radius 3 is 2.87 bits per heavy atom. The van der Waals surface area contributed by atoms with Gasteiger partial charge in [-0.25, -0.2) is 4.90 Å². The molecule has 4 heterocycles. The van der Waals surface area contributed by atoms with E-state index in [-0.39, 0.29) is 25.2 Å². The van der Waals surface area contributed by atoms with Crippen LogP contribution < -0.4 is 14.4 Å². The van der Waals surface area contributed by atoms with Crippen molar-refractivity contribution in [1.29, 1.82) is 0 Å². The standard InChI is InChI=1S/C16H13NO6/c18-6-16-4-3-10(23-16)12-13(16)15(20)17(14(12)19)8-1-2-9-11(5-8)22-7-21-9/h1-5,10,12-13,18H,6-7H2/t10-,12+,13+,16+/m1/s1. The van der Waals surface area contributed by atoms with Crippen LogP contribution in [0.15, 0.2) is 30.4 Å². The molecule has 0 saturated carbocycles. The van der Waals surface area contributed by atoms with Crippen LogP contribution >= 0.6 is 0 Å². The van der Waals surface area contributed by atoms with Gasteiger partial charge in [-0.3, -0.25) is 9.59 Å². The van der Waals surface area contributed by atoms with Gasteiger partial charge in [-0.05, 0) is 12.1 Å². The molecule has 4 aliphatic heterocycles. The molecule has 0 unspecified atom stereocenters. The summed E-state index contributed by atoms with van der Waals surface area (Å²) in [5, 5.41) is 9.68. The Bertz CT molecular complexity index is 774. The monoisotopic (exact) mass is 315 g/mol. The van der Waals surface area contributed by atoms with E-state index >= 15 is 0 Å². The summed E-state index contributed by atoms with van der Waals surface area (Å²) in [6.45, 7) is -0.200. The summed E-state index contributed by atoms with van der Waals surface area (Å²) in [4.78, 5) is 26.8. The lowest BCUT2D eigenvalue weighted by molar-refractivity contribution is -0.128. The lowest BCUT2D eigenvalue weighted by Gasteiger charge is -2.26. The van der Waals surface area contributed by atoms with Gasteiger partial charge in [-0.2, -0.15) is 0 Å². The van der Waals surface area contributed by atoms with E-state index in [0.29, 0.717) is 17.2 Å². The number of aliphatic hydroxyl groups excluding tert-OH is 1. The Labute approximate surface area is 131 Å². The van der Waals surface area contributed by atoms with Gasteiger partial charge in [-0.15, -0.1) is 0 Å². The van der Waals surface area contributed by atoms with Crippen molar-refractivity contribution in [2.24, 2.45) is 11.8 Å². The highest BCUT2D eigenvalue weighted by atomic mass is 16.7. The lowest BCUT2D eigenvalue weighted by Crippen LogP contribution is -2.43. The lowest BCUT2D eigenvalue weighted by atomic mass is 9.77. The summed E-state index contributed by atoms with van der Waals surface area (Å²) in [6.07, 6.45) is 3.00. The van der Waals surface area contributed by atoms with Crippen molar-refractivity contribution >= 4 is 17.5 Å². The molecule has 0 spiro atoms. The molecule has 2 bridgehead atoms. The van der Waals surface area contributed by atoms with Gasteiger partial charge >= 0.3 is 0 Å². The number of nitrogens with zero attached hydrogens (tertiary/aromatic N) is 1. The van der Waals surface area contributed by atoms with Gasteiger partial charge in [0, 0.05) is 6.07 Å². The van der Waals surface area contributed by atoms with Gasteiger partial charge in [0.1, 0.15) is 5.60 Å². The number of aliphatic hydroxyl groups is 1. The third-order valence-corrected chi connectivity index (χ3v) is 5.02. The van der Waals surface area contributed by atoms with Crippen molar-refractivity contribution in [3.63, 3.8) is 0 Å². The number of fused-ring (bicyclic) bond motifs is 6. The van der Waals surface area contributed by atoms with Crippen molar-refractivity contribution in [2.45, 2.75) is 11.7 Å². The van der Waals surface area contributed by atoms with Crippen molar-refractivity contribution in [1.82, 2.24) is 0 Å². The SMILES string of the molecule is O=C1[C@@H]2[C@@H](C(=O)N1c1ccc3c(c1)OCO3)[C@@]1(CO)C=C[C@H]2O1. The van der Waals surface area contributed by atoms with E-state index < -0.39 is 23.5 Å². The van der Waals surface area contributed by atoms with Gasteiger partial charge in [0.05, 0.1) is 30.2 Å². The second-order valence-electron chi connectivity index (χ2n) is 6.11. The third-order valence-electron chi connectivity index (χ3n) is 5.02. The predicted molar refractivity (Wildman–Crippen MR) is 75.9 cm³/mol. The van der Waals surface area contributed by atoms with Crippen molar-refractivity contribution in [3.8, 4) is 11.5 Å². The minimum Gasteiger partial charge on any atom is -0.454 e. The maximum Gasteiger partial charge on any atom is 0.241 e. The molecule has 4 aliphatic rings.